The summed E-state index contributed by atoms with van der Waals surface area (Å²) in [5, 5.41) is 0. The number of benzene rings is 1. The highest BCUT2D eigenvalue weighted by atomic mass is 79.9. The molecular formula is C12H8Br2FNO. The Morgan fingerprint density at radius 1 is 1.24 bits per heavy atom. The summed E-state index contributed by atoms with van der Waals surface area (Å²) in [4.78, 5) is 4.13. The van der Waals surface area contributed by atoms with E-state index in [4.69, 9.17) is 4.74 Å². The van der Waals surface area contributed by atoms with Crippen LogP contribution >= 0.6 is 31.9 Å². The molecule has 5 heteroatoms. The van der Waals surface area contributed by atoms with Gasteiger partial charge in [0.15, 0.2) is 0 Å². The van der Waals surface area contributed by atoms with Gasteiger partial charge in [0.1, 0.15) is 11.6 Å². The van der Waals surface area contributed by atoms with Crippen LogP contribution in [0.4, 0.5) is 4.39 Å². The Kier molecular flexibility index (Phi) is 3.79. The zero-order valence-corrected chi connectivity index (χ0v) is 12.0. The van der Waals surface area contributed by atoms with Gasteiger partial charge in [-0.1, -0.05) is 0 Å². The Balaban J connectivity index is 2.31. The molecule has 0 spiro atoms. The van der Waals surface area contributed by atoms with Crippen LogP contribution in [0.5, 0.6) is 11.6 Å². The van der Waals surface area contributed by atoms with Crippen LogP contribution in [0.15, 0.2) is 39.4 Å². The molecule has 0 amide bonds. The van der Waals surface area contributed by atoms with Gasteiger partial charge < -0.3 is 4.74 Å². The summed E-state index contributed by atoms with van der Waals surface area (Å²) in [7, 11) is 0. The fraction of sp³-hybridized carbons (Fsp3) is 0.0833. The molecule has 0 aliphatic rings. The zero-order valence-electron chi connectivity index (χ0n) is 8.88. The number of rotatable bonds is 2. The van der Waals surface area contributed by atoms with E-state index in [-0.39, 0.29) is 5.82 Å². The quantitative estimate of drug-likeness (QED) is 0.763. The molecule has 0 saturated carbocycles. The van der Waals surface area contributed by atoms with Crippen LogP contribution in [0.2, 0.25) is 0 Å². The van der Waals surface area contributed by atoms with Gasteiger partial charge in [0.05, 0.1) is 4.47 Å². The molecule has 0 fully saturated rings. The third-order valence-electron chi connectivity index (χ3n) is 2.12. The molecule has 1 heterocycles. The van der Waals surface area contributed by atoms with E-state index in [1.165, 1.54) is 12.1 Å². The van der Waals surface area contributed by atoms with E-state index in [9.17, 15) is 4.39 Å². The van der Waals surface area contributed by atoms with Gasteiger partial charge in [-0.2, -0.15) is 0 Å². The fourth-order valence-electron chi connectivity index (χ4n) is 1.31. The van der Waals surface area contributed by atoms with Crippen molar-refractivity contribution < 1.29 is 9.13 Å². The number of ether oxygens (including phenoxy) is 1. The van der Waals surface area contributed by atoms with Crippen LogP contribution in [0.3, 0.4) is 0 Å². The minimum atomic E-state index is -0.280. The number of aromatic nitrogens is 1. The van der Waals surface area contributed by atoms with Crippen molar-refractivity contribution in [3.8, 4) is 11.6 Å². The van der Waals surface area contributed by atoms with E-state index >= 15 is 0 Å². The summed E-state index contributed by atoms with van der Waals surface area (Å²) in [6.07, 6.45) is 1.64. The maximum Gasteiger partial charge on any atom is 0.233 e. The Morgan fingerprint density at radius 3 is 2.65 bits per heavy atom. The molecule has 2 aromatic rings. The molecule has 0 aliphatic carbocycles. The average Bonchev–Trinajstić information content (AvgIpc) is 2.25. The van der Waals surface area contributed by atoms with Crippen LogP contribution < -0.4 is 4.74 Å². The van der Waals surface area contributed by atoms with Gasteiger partial charge >= 0.3 is 0 Å². The summed E-state index contributed by atoms with van der Waals surface area (Å²) in [6, 6.07) is 6.19. The lowest BCUT2D eigenvalue weighted by atomic mass is 10.2. The summed E-state index contributed by atoms with van der Waals surface area (Å²) in [5.41, 5.74) is 0.724. The number of hydrogen-bond acceptors (Lipinski definition) is 2. The van der Waals surface area contributed by atoms with E-state index in [1.54, 1.807) is 19.2 Å². The van der Waals surface area contributed by atoms with Crippen LogP contribution in [0.1, 0.15) is 5.56 Å². The molecule has 0 bridgehead atoms. The minimum absolute atomic E-state index is 0.280. The van der Waals surface area contributed by atoms with Crippen molar-refractivity contribution in [3.63, 3.8) is 0 Å². The van der Waals surface area contributed by atoms with Crippen molar-refractivity contribution >= 4 is 31.9 Å². The molecule has 2 rings (SSSR count). The fourth-order valence-corrected chi connectivity index (χ4v) is 2.38. The molecule has 0 saturated heterocycles. The van der Waals surface area contributed by atoms with Crippen molar-refractivity contribution in [2.45, 2.75) is 6.92 Å². The smallest absolute Gasteiger partial charge is 0.233 e. The highest BCUT2D eigenvalue weighted by Crippen LogP contribution is 2.31. The van der Waals surface area contributed by atoms with Gasteiger partial charge in [0.25, 0.3) is 0 Å². The molecule has 88 valence electrons. The van der Waals surface area contributed by atoms with Crippen molar-refractivity contribution in [3.05, 3.63) is 50.8 Å². The lowest BCUT2D eigenvalue weighted by molar-refractivity contribution is 0.454. The first kappa shape index (κ1) is 12.5. The van der Waals surface area contributed by atoms with Gasteiger partial charge in [-0.3, -0.25) is 0 Å². The molecule has 17 heavy (non-hydrogen) atoms. The summed E-state index contributed by atoms with van der Waals surface area (Å²) in [5.74, 6) is 0.752. The Hall–Kier alpha value is -0.940. The van der Waals surface area contributed by atoms with Crippen LogP contribution in [-0.4, -0.2) is 4.98 Å². The molecule has 0 unspecified atom stereocenters. The van der Waals surface area contributed by atoms with Crippen LogP contribution in [0, 0.1) is 12.7 Å². The van der Waals surface area contributed by atoms with Crippen molar-refractivity contribution in [2.75, 3.05) is 0 Å². The second-order valence-corrected chi connectivity index (χ2v) is 5.22. The average molecular weight is 361 g/mol. The van der Waals surface area contributed by atoms with Gasteiger partial charge in [-0.15, -0.1) is 0 Å². The number of pyridine rings is 1. The van der Waals surface area contributed by atoms with Gasteiger partial charge in [0.2, 0.25) is 5.88 Å². The van der Waals surface area contributed by atoms with Gasteiger partial charge in [-0.05, 0) is 68.6 Å². The predicted octanol–water partition coefficient (Wildman–Crippen LogP) is 4.85. The lowest BCUT2D eigenvalue weighted by Gasteiger charge is -2.09. The first-order valence-electron chi connectivity index (χ1n) is 4.81. The number of halogens is 3. The molecule has 0 radical (unpaired) electrons. The standard InChI is InChI=1S/C12H8Br2FNO/c1-7-4-9(15)2-3-11(7)17-12-10(14)5-8(13)6-16-12/h2-6H,1H3. The van der Waals surface area contributed by atoms with Crippen LogP contribution in [-0.2, 0) is 0 Å². The topological polar surface area (TPSA) is 22.1 Å². The summed E-state index contributed by atoms with van der Waals surface area (Å²) < 4.78 is 20.1. The molecular weight excluding hydrogens is 353 g/mol. The largest absolute Gasteiger partial charge is 0.438 e. The SMILES string of the molecule is Cc1cc(F)ccc1Oc1ncc(Br)cc1Br. The van der Waals surface area contributed by atoms with Crippen molar-refractivity contribution in [1.29, 1.82) is 0 Å². The number of aryl methyl sites for hydroxylation is 1. The number of hydrogen-bond donors (Lipinski definition) is 0. The monoisotopic (exact) mass is 359 g/mol. The van der Waals surface area contributed by atoms with Crippen molar-refractivity contribution in [2.24, 2.45) is 0 Å². The predicted molar refractivity (Wildman–Crippen MR) is 70.8 cm³/mol. The molecule has 1 aromatic heterocycles. The zero-order chi connectivity index (χ0) is 12.4. The molecule has 2 nitrogen and oxygen atoms in total. The van der Waals surface area contributed by atoms with E-state index in [0.717, 1.165) is 14.5 Å². The summed E-state index contributed by atoms with van der Waals surface area (Å²) >= 11 is 6.66. The molecule has 0 N–H and O–H groups in total. The highest BCUT2D eigenvalue weighted by molar-refractivity contribution is 9.11. The highest BCUT2D eigenvalue weighted by Gasteiger charge is 2.07. The Bertz CT molecular complexity index is 511. The molecule has 0 aliphatic heterocycles. The Labute approximate surface area is 115 Å². The second-order valence-electron chi connectivity index (χ2n) is 3.45. The summed E-state index contributed by atoms with van der Waals surface area (Å²) in [6.45, 7) is 1.78. The minimum Gasteiger partial charge on any atom is -0.438 e. The third-order valence-corrected chi connectivity index (χ3v) is 3.12. The van der Waals surface area contributed by atoms with E-state index in [2.05, 4.69) is 36.8 Å². The number of nitrogens with zero attached hydrogens (tertiary/aromatic N) is 1. The van der Waals surface area contributed by atoms with Crippen LogP contribution in [0.25, 0.3) is 0 Å². The second kappa shape index (κ2) is 5.14. The normalized spacial score (nSPS) is 10.4. The maximum absolute atomic E-state index is 12.9. The molecule has 0 atom stereocenters. The molecule has 1 aromatic carbocycles. The van der Waals surface area contributed by atoms with E-state index in [1.807, 2.05) is 6.07 Å². The van der Waals surface area contributed by atoms with Crippen molar-refractivity contribution in [1.82, 2.24) is 4.98 Å². The third kappa shape index (κ3) is 3.04. The van der Waals surface area contributed by atoms with Gasteiger partial charge in [0, 0.05) is 10.7 Å². The first-order chi connectivity index (χ1) is 8.06. The van der Waals surface area contributed by atoms with Gasteiger partial charge in [-0.25, -0.2) is 9.37 Å². The Morgan fingerprint density at radius 2 is 2.00 bits per heavy atom. The first-order valence-corrected chi connectivity index (χ1v) is 6.40. The van der Waals surface area contributed by atoms with E-state index in [0.29, 0.717) is 11.6 Å². The maximum atomic E-state index is 12.9. The van der Waals surface area contributed by atoms with E-state index < -0.39 is 0 Å². The lowest BCUT2D eigenvalue weighted by Crippen LogP contribution is -1.92.